The van der Waals surface area contributed by atoms with Crippen LogP contribution in [0.3, 0.4) is 0 Å². The molecule has 4 heteroatoms. The highest BCUT2D eigenvalue weighted by Gasteiger charge is 2.21. The minimum Gasteiger partial charge on any atom is -0.356 e. The number of amides is 1. The van der Waals surface area contributed by atoms with Crippen molar-refractivity contribution in [1.29, 1.82) is 0 Å². The van der Waals surface area contributed by atoms with Crippen LogP contribution in [0, 0.1) is 0 Å². The van der Waals surface area contributed by atoms with Crippen LogP contribution in [0.4, 0.5) is 11.4 Å². The molecule has 1 aliphatic heterocycles. The van der Waals surface area contributed by atoms with Crippen molar-refractivity contribution in [1.82, 2.24) is 0 Å². The fourth-order valence-electron chi connectivity index (χ4n) is 2.56. The maximum atomic E-state index is 11.8. The van der Waals surface area contributed by atoms with Gasteiger partial charge in [0.2, 0.25) is 5.91 Å². The SMILES string of the molecule is NCc1ccccc1CN1CC(=O)Nc2ccccc21. The Morgan fingerprint density at radius 1 is 1.05 bits per heavy atom. The molecule has 0 saturated carbocycles. The number of anilines is 2. The first-order valence-electron chi connectivity index (χ1n) is 6.68. The molecule has 1 amide bonds. The van der Waals surface area contributed by atoms with Gasteiger partial charge in [-0.15, -0.1) is 0 Å². The summed E-state index contributed by atoms with van der Waals surface area (Å²) in [5.74, 6) is 0.0222. The van der Waals surface area contributed by atoms with E-state index in [1.807, 2.05) is 42.5 Å². The quantitative estimate of drug-likeness (QED) is 0.895. The molecule has 2 aromatic rings. The van der Waals surface area contributed by atoms with Crippen LogP contribution in [0.25, 0.3) is 0 Å². The van der Waals surface area contributed by atoms with Gasteiger partial charge in [0.1, 0.15) is 0 Å². The Bertz CT molecular complexity index is 639. The van der Waals surface area contributed by atoms with Gasteiger partial charge in [0, 0.05) is 13.1 Å². The van der Waals surface area contributed by atoms with Crippen LogP contribution in [0.1, 0.15) is 11.1 Å². The fourth-order valence-corrected chi connectivity index (χ4v) is 2.56. The van der Waals surface area contributed by atoms with E-state index in [0.29, 0.717) is 19.6 Å². The fraction of sp³-hybridized carbons (Fsp3) is 0.188. The molecule has 0 saturated heterocycles. The van der Waals surface area contributed by atoms with Gasteiger partial charge in [-0.2, -0.15) is 0 Å². The number of hydrogen-bond acceptors (Lipinski definition) is 3. The lowest BCUT2D eigenvalue weighted by Gasteiger charge is -2.31. The Labute approximate surface area is 118 Å². The lowest BCUT2D eigenvalue weighted by Crippen LogP contribution is -2.37. The molecule has 102 valence electrons. The first-order chi connectivity index (χ1) is 9.78. The maximum absolute atomic E-state index is 11.8. The minimum absolute atomic E-state index is 0.0222. The van der Waals surface area contributed by atoms with E-state index >= 15 is 0 Å². The van der Waals surface area contributed by atoms with E-state index in [1.54, 1.807) is 0 Å². The molecule has 1 heterocycles. The number of nitrogens with one attached hydrogen (secondary N) is 1. The third kappa shape index (κ3) is 2.38. The second-order valence-corrected chi connectivity index (χ2v) is 4.89. The summed E-state index contributed by atoms with van der Waals surface area (Å²) in [5.41, 5.74) is 9.99. The van der Waals surface area contributed by atoms with Gasteiger partial charge in [0.05, 0.1) is 17.9 Å². The van der Waals surface area contributed by atoms with Gasteiger partial charge in [-0.05, 0) is 23.3 Å². The van der Waals surface area contributed by atoms with Gasteiger partial charge in [0.25, 0.3) is 0 Å². The van der Waals surface area contributed by atoms with E-state index in [0.717, 1.165) is 16.9 Å². The summed E-state index contributed by atoms with van der Waals surface area (Å²) in [6.07, 6.45) is 0. The molecule has 0 unspecified atom stereocenters. The average Bonchev–Trinajstić information content (AvgIpc) is 2.47. The van der Waals surface area contributed by atoms with Crippen LogP contribution in [-0.4, -0.2) is 12.5 Å². The molecular formula is C16H17N3O. The zero-order chi connectivity index (χ0) is 13.9. The van der Waals surface area contributed by atoms with Crippen LogP contribution in [0.5, 0.6) is 0 Å². The maximum Gasteiger partial charge on any atom is 0.243 e. The molecule has 20 heavy (non-hydrogen) atoms. The zero-order valence-electron chi connectivity index (χ0n) is 11.2. The topological polar surface area (TPSA) is 58.4 Å². The van der Waals surface area contributed by atoms with Crippen LogP contribution >= 0.6 is 0 Å². The van der Waals surface area contributed by atoms with Crippen LogP contribution in [0.15, 0.2) is 48.5 Å². The number of carbonyl (C=O) groups excluding carboxylic acids is 1. The Morgan fingerprint density at radius 2 is 1.75 bits per heavy atom. The van der Waals surface area contributed by atoms with Crippen molar-refractivity contribution in [2.24, 2.45) is 5.73 Å². The minimum atomic E-state index is 0.0222. The third-order valence-corrected chi connectivity index (χ3v) is 3.55. The number of fused-ring (bicyclic) bond motifs is 1. The second-order valence-electron chi connectivity index (χ2n) is 4.89. The number of nitrogens with zero attached hydrogens (tertiary/aromatic N) is 1. The standard InChI is InChI=1S/C16H17N3O/c17-9-12-5-1-2-6-13(12)10-19-11-16(20)18-14-7-3-4-8-15(14)19/h1-8H,9-11,17H2,(H,18,20). The van der Waals surface area contributed by atoms with Crippen LogP contribution in [0.2, 0.25) is 0 Å². The van der Waals surface area contributed by atoms with Crippen molar-refractivity contribution in [3.63, 3.8) is 0 Å². The van der Waals surface area contributed by atoms with Crippen molar-refractivity contribution < 1.29 is 4.79 Å². The molecule has 3 N–H and O–H groups in total. The Hall–Kier alpha value is -2.33. The molecule has 0 fully saturated rings. The van der Waals surface area contributed by atoms with Crippen molar-refractivity contribution in [3.05, 3.63) is 59.7 Å². The number of rotatable bonds is 3. The molecule has 4 nitrogen and oxygen atoms in total. The third-order valence-electron chi connectivity index (χ3n) is 3.55. The predicted octanol–water partition coefficient (Wildman–Crippen LogP) is 2.10. The lowest BCUT2D eigenvalue weighted by molar-refractivity contribution is -0.115. The smallest absolute Gasteiger partial charge is 0.243 e. The Morgan fingerprint density at radius 3 is 2.55 bits per heavy atom. The summed E-state index contributed by atoms with van der Waals surface area (Å²) in [4.78, 5) is 13.9. The molecule has 0 radical (unpaired) electrons. The first-order valence-corrected chi connectivity index (χ1v) is 6.68. The van der Waals surface area contributed by atoms with E-state index in [9.17, 15) is 4.79 Å². The van der Waals surface area contributed by atoms with Crippen molar-refractivity contribution in [3.8, 4) is 0 Å². The zero-order valence-corrected chi connectivity index (χ0v) is 11.2. The van der Waals surface area contributed by atoms with Crippen molar-refractivity contribution >= 4 is 17.3 Å². The summed E-state index contributed by atoms with van der Waals surface area (Å²) in [5, 5.41) is 2.90. The van der Waals surface area contributed by atoms with E-state index in [1.165, 1.54) is 5.56 Å². The largest absolute Gasteiger partial charge is 0.356 e. The summed E-state index contributed by atoms with van der Waals surface area (Å²) < 4.78 is 0. The van der Waals surface area contributed by atoms with Gasteiger partial charge in [-0.1, -0.05) is 36.4 Å². The molecule has 0 spiro atoms. The number of nitrogens with two attached hydrogens (primary N) is 1. The molecule has 0 aromatic heterocycles. The average molecular weight is 267 g/mol. The summed E-state index contributed by atoms with van der Waals surface area (Å²) in [6.45, 7) is 1.57. The van der Waals surface area contributed by atoms with Gasteiger partial charge in [0.15, 0.2) is 0 Å². The monoisotopic (exact) mass is 267 g/mol. The lowest BCUT2D eigenvalue weighted by atomic mass is 10.1. The highest BCUT2D eigenvalue weighted by atomic mass is 16.2. The van der Waals surface area contributed by atoms with Gasteiger partial charge < -0.3 is 16.0 Å². The van der Waals surface area contributed by atoms with Gasteiger partial charge in [-0.25, -0.2) is 0 Å². The molecule has 0 atom stereocenters. The van der Waals surface area contributed by atoms with Crippen molar-refractivity contribution in [2.45, 2.75) is 13.1 Å². The van der Waals surface area contributed by atoms with E-state index < -0.39 is 0 Å². The van der Waals surface area contributed by atoms with E-state index in [4.69, 9.17) is 5.73 Å². The van der Waals surface area contributed by atoms with Gasteiger partial charge >= 0.3 is 0 Å². The molecular weight excluding hydrogens is 250 g/mol. The Balaban J connectivity index is 1.93. The van der Waals surface area contributed by atoms with Crippen LogP contribution < -0.4 is 16.0 Å². The number of carbonyl (C=O) groups is 1. The highest BCUT2D eigenvalue weighted by molar-refractivity contribution is 6.01. The second kappa shape index (κ2) is 5.35. The summed E-state index contributed by atoms with van der Waals surface area (Å²) in [7, 11) is 0. The number of benzene rings is 2. The number of para-hydroxylation sites is 2. The summed E-state index contributed by atoms with van der Waals surface area (Å²) in [6, 6.07) is 16.0. The van der Waals surface area contributed by atoms with Crippen LogP contribution in [-0.2, 0) is 17.9 Å². The number of hydrogen-bond donors (Lipinski definition) is 2. The first kappa shape index (κ1) is 12.7. The van der Waals surface area contributed by atoms with Gasteiger partial charge in [-0.3, -0.25) is 4.79 Å². The highest BCUT2D eigenvalue weighted by Crippen LogP contribution is 2.30. The Kier molecular flexibility index (Phi) is 3.39. The normalized spacial score (nSPS) is 13.8. The molecule has 3 rings (SSSR count). The predicted molar refractivity (Wildman–Crippen MR) is 80.5 cm³/mol. The molecule has 2 aromatic carbocycles. The van der Waals surface area contributed by atoms with E-state index in [-0.39, 0.29) is 5.91 Å². The van der Waals surface area contributed by atoms with Crippen molar-refractivity contribution in [2.75, 3.05) is 16.8 Å². The summed E-state index contributed by atoms with van der Waals surface area (Å²) >= 11 is 0. The molecule has 1 aliphatic rings. The van der Waals surface area contributed by atoms with E-state index in [2.05, 4.69) is 16.3 Å². The molecule has 0 aliphatic carbocycles. The molecule has 0 bridgehead atoms.